The lowest BCUT2D eigenvalue weighted by molar-refractivity contribution is -0.124. The van der Waals surface area contributed by atoms with E-state index >= 15 is 0 Å². The van der Waals surface area contributed by atoms with Crippen molar-refractivity contribution in [3.05, 3.63) is 24.3 Å². The van der Waals surface area contributed by atoms with Crippen LogP contribution in [-0.2, 0) is 9.59 Å². The third-order valence-corrected chi connectivity index (χ3v) is 11.1. The predicted octanol–water partition coefficient (Wildman–Crippen LogP) is 16.3. The molecule has 0 aliphatic carbocycles. The Balaban J connectivity index is 3.39. The topological polar surface area (TPSA) is 58.2 Å². The molecule has 4 heteroatoms. The number of hydrogen-bond donors (Lipinski definition) is 2. The van der Waals surface area contributed by atoms with Gasteiger partial charge in [-0.2, -0.15) is 0 Å². The molecule has 0 aromatic heterocycles. The first-order valence-corrected chi connectivity index (χ1v) is 24.5. The summed E-state index contributed by atoms with van der Waals surface area (Å²) < 4.78 is 0. The zero-order valence-corrected chi connectivity index (χ0v) is 37.0. The van der Waals surface area contributed by atoms with Crippen LogP contribution in [0.4, 0.5) is 0 Å². The van der Waals surface area contributed by atoms with Crippen LogP contribution < -0.4 is 10.6 Å². The molecule has 54 heavy (non-hydrogen) atoms. The van der Waals surface area contributed by atoms with Gasteiger partial charge in [0.15, 0.2) is 0 Å². The largest absolute Gasteiger partial charge is 0.336 e. The van der Waals surface area contributed by atoms with E-state index < -0.39 is 0 Å². The summed E-state index contributed by atoms with van der Waals surface area (Å²) in [6.07, 6.45) is 60.5. The number of rotatable bonds is 44. The maximum atomic E-state index is 12.3. The smallest absolute Gasteiger partial charge is 0.221 e. The summed E-state index contributed by atoms with van der Waals surface area (Å²) in [4.78, 5) is 24.6. The van der Waals surface area contributed by atoms with Crippen molar-refractivity contribution in [1.29, 1.82) is 0 Å². The standard InChI is InChI=1S/C50H96N2O2/c1-4-6-8-10-12-14-16-18-20-22-24-26-28-30-32-34-36-38-40-42-44-46-49(53)51-48(3)52-50(54)47-45-43-41-39-37-35-33-31-29-27-25-23-21-19-17-15-13-11-9-7-5-2/h18-21,48H,4-17,22-47H2,1-3H3,(H,51,53)(H,52,54)/b20-18-,21-19-. The van der Waals surface area contributed by atoms with Crippen molar-refractivity contribution in [2.75, 3.05) is 0 Å². The van der Waals surface area contributed by atoms with Crippen molar-refractivity contribution < 1.29 is 9.59 Å². The minimum atomic E-state index is -0.289. The molecule has 318 valence electrons. The minimum Gasteiger partial charge on any atom is -0.336 e. The van der Waals surface area contributed by atoms with E-state index in [-0.39, 0.29) is 18.0 Å². The molecule has 0 heterocycles. The highest BCUT2D eigenvalue weighted by Gasteiger charge is 2.10. The highest BCUT2D eigenvalue weighted by Crippen LogP contribution is 2.15. The van der Waals surface area contributed by atoms with Gasteiger partial charge in [-0.1, -0.05) is 218 Å². The van der Waals surface area contributed by atoms with Crippen LogP contribution >= 0.6 is 0 Å². The third-order valence-electron chi connectivity index (χ3n) is 11.1. The fourth-order valence-corrected chi connectivity index (χ4v) is 7.50. The Labute approximate surface area is 339 Å². The second-order valence-electron chi connectivity index (χ2n) is 16.8. The van der Waals surface area contributed by atoms with Crippen LogP contribution in [0.3, 0.4) is 0 Å². The molecule has 0 saturated heterocycles. The van der Waals surface area contributed by atoms with E-state index in [2.05, 4.69) is 48.8 Å². The lowest BCUT2D eigenvalue weighted by Crippen LogP contribution is -2.45. The molecule has 0 radical (unpaired) electrons. The molecule has 0 unspecified atom stereocenters. The maximum Gasteiger partial charge on any atom is 0.221 e. The molecule has 0 aromatic rings. The molecule has 2 N–H and O–H groups in total. The predicted molar refractivity (Wildman–Crippen MR) is 240 cm³/mol. The van der Waals surface area contributed by atoms with Crippen molar-refractivity contribution in [3.8, 4) is 0 Å². The number of hydrogen-bond acceptors (Lipinski definition) is 2. The van der Waals surface area contributed by atoms with E-state index in [1.165, 1.54) is 218 Å². The molecule has 0 bridgehead atoms. The first kappa shape index (κ1) is 52.4. The summed E-state index contributed by atoms with van der Waals surface area (Å²) in [6, 6.07) is 0. The van der Waals surface area contributed by atoms with Gasteiger partial charge in [-0.15, -0.1) is 0 Å². The van der Waals surface area contributed by atoms with Crippen molar-refractivity contribution in [3.63, 3.8) is 0 Å². The highest BCUT2D eigenvalue weighted by molar-refractivity contribution is 5.79. The van der Waals surface area contributed by atoms with Crippen LogP contribution in [0.5, 0.6) is 0 Å². The van der Waals surface area contributed by atoms with E-state index in [1.54, 1.807) is 0 Å². The van der Waals surface area contributed by atoms with Gasteiger partial charge in [-0.25, -0.2) is 0 Å². The Bertz CT molecular complexity index is 755. The quantitative estimate of drug-likeness (QED) is 0.0369. The second-order valence-corrected chi connectivity index (χ2v) is 16.8. The van der Waals surface area contributed by atoms with Crippen molar-refractivity contribution in [2.45, 2.75) is 284 Å². The fourth-order valence-electron chi connectivity index (χ4n) is 7.50. The normalized spacial score (nSPS) is 11.8. The SMILES string of the molecule is CCCCCCCC/C=C\CCCCCCCCCCCCCC(=O)NC(C)NC(=O)CCCCCCCCCCCCC/C=C\CCCCCCCC. The average Bonchev–Trinajstić information content (AvgIpc) is 3.16. The van der Waals surface area contributed by atoms with Crippen molar-refractivity contribution in [1.82, 2.24) is 10.6 Å². The van der Waals surface area contributed by atoms with E-state index in [0.717, 1.165) is 25.7 Å². The van der Waals surface area contributed by atoms with Gasteiger partial charge in [0.1, 0.15) is 0 Å². The molecule has 2 amide bonds. The van der Waals surface area contributed by atoms with Gasteiger partial charge >= 0.3 is 0 Å². The Hall–Kier alpha value is -1.58. The molecular formula is C50H96N2O2. The third kappa shape index (κ3) is 44.8. The Kier molecular flexibility index (Phi) is 44.5. The molecule has 0 aliphatic heterocycles. The minimum absolute atomic E-state index is 0.0577. The number of carbonyl (C=O) groups excluding carboxylic acids is 2. The van der Waals surface area contributed by atoms with Gasteiger partial charge < -0.3 is 10.6 Å². The van der Waals surface area contributed by atoms with Gasteiger partial charge in [0.2, 0.25) is 11.8 Å². The Morgan fingerprint density at radius 3 is 0.778 bits per heavy atom. The lowest BCUT2D eigenvalue weighted by Gasteiger charge is -2.16. The molecule has 0 aliphatic rings. The fraction of sp³-hybridized carbons (Fsp3) is 0.880. The number of unbranched alkanes of at least 4 members (excludes halogenated alkanes) is 34. The first-order valence-electron chi connectivity index (χ1n) is 24.5. The van der Waals surface area contributed by atoms with Crippen LogP contribution in [0.1, 0.15) is 278 Å². The number of allylic oxidation sites excluding steroid dienone is 4. The zero-order chi connectivity index (χ0) is 39.3. The molecular weight excluding hydrogens is 661 g/mol. The second kappa shape index (κ2) is 45.8. The van der Waals surface area contributed by atoms with E-state index in [0.29, 0.717) is 12.8 Å². The number of nitrogens with one attached hydrogen (secondary N) is 2. The van der Waals surface area contributed by atoms with Crippen LogP contribution in [0.25, 0.3) is 0 Å². The van der Waals surface area contributed by atoms with Crippen molar-refractivity contribution in [2.24, 2.45) is 0 Å². The first-order chi connectivity index (χ1) is 26.6. The summed E-state index contributed by atoms with van der Waals surface area (Å²) in [6.45, 7) is 6.44. The zero-order valence-electron chi connectivity index (χ0n) is 37.0. The highest BCUT2D eigenvalue weighted by atomic mass is 16.2. The van der Waals surface area contributed by atoms with Gasteiger partial charge in [-0.05, 0) is 71.1 Å². The van der Waals surface area contributed by atoms with Gasteiger partial charge in [0.25, 0.3) is 0 Å². The summed E-state index contributed by atoms with van der Waals surface area (Å²) >= 11 is 0. The summed E-state index contributed by atoms with van der Waals surface area (Å²) in [5, 5.41) is 5.92. The Morgan fingerprint density at radius 1 is 0.333 bits per heavy atom. The van der Waals surface area contributed by atoms with Crippen molar-refractivity contribution >= 4 is 11.8 Å². The summed E-state index contributed by atoms with van der Waals surface area (Å²) in [7, 11) is 0. The molecule has 0 atom stereocenters. The lowest BCUT2D eigenvalue weighted by atomic mass is 10.0. The summed E-state index contributed by atoms with van der Waals surface area (Å²) in [5.41, 5.74) is 0. The summed E-state index contributed by atoms with van der Waals surface area (Å²) in [5.74, 6) is 0.115. The van der Waals surface area contributed by atoms with Crippen LogP contribution in [0.15, 0.2) is 24.3 Å². The molecule has 0 spiro atoms. The van der Waals surface area contributed by atoms with Gasteiger partial charge in [0, 0.05) is 12.8 Å². The van der Waals surface area contributed by atoms with Crippen LogP contribution in [-0.4, -0.2) is 18.0 Å². The van der Waals surface area contributed by atoms with Gasteiger partial charge in [-0.3, -0.25) is 9.59 Å². The van der Waals surface area contributed by atoms with Gasteiger partial charge in [0.05, 0.1) is 6.17 Å². The average molecular weight is 757 g/mol. The maximum absolute atomic E-state index is 12.3. The molecule has 0 fully saturated rings. The Morgan fingerprint density at radius 2 is 0.537 bits per heavy atom. The molecule has 4 nitrogen and oxygen atoms in total. The number of carbonyl (C=O) groups is 2. The molecule has 0 rings (SSSR count). The van der Waals surface area contributed by atoms with E-state index in [4.69, 9.17) is 0 Å². The van der Waals surface area contributed by atoms with Crippen LogP contribution in [0.2, 0.25) is 0 Å². The number of amides is 2. The van der Waals surface area contributed by atoms with Crippen LogP contribution in [0, 0.1) is 0 Å². The molecule has 0 aromatic carbocycles. The monoisotopic (exact) mass is 757 g/mol. The van der Waals surface area contributed by atoms with E-state index in [1.807, 2.05) is 6.92 Å². The van der Waals surface area contributed by atoms with E-state index in [9.17, 15) is 9.59 Å². The molecule has 0 saturated carbocycles.